The number of aliphatic hydroxyl groups is 1. The minimum atomic E-state index is -0.494. The number of fused-ring (bicyclic) bond motifs is 1. The zero-order valence-corrected chi connectivity index (χ0v) is 16.4. The summed E-state index contributed by atoms with van der Waals surface area (Å²) in [6.07, 6.45) is 10.3. The van der Waals surface area contributed by atoms with E-state index < -0.39 is 6.10 Å². The molecule has 28 heavy (non-hydrogen) atoms. The van der Waals surface area contributed by atoms with Crippen LogP contribution in [0.3, 0.4) is 0 Å². The molecule has 1 aliphatic carbocycles. The van der Waals surface area contributed by atoms with E-state index >= 15 is 0 Å². The molecule has 8 heteroatoms. The topological polar surface area (TPSA) is 101 Å². The Kier molecular flexibility index (Phi) is 5.47. The Labute approximate surface area is 164 Å². The fraction of sp³-hybridized carbons (Fsp3) is 0.550. The molecule has 1 aliphatic rings. The van der Waals surface area contributed by atoms with Gasteiger partial charge in [0, 0.05) is 18.2 Å². The summed E-state index contributed by atoms with van der Waals surface area (Å²) in [5.41, 5.74) is 2.64. The lowest BCUT2D eigenvalue weighted by atomic mass is 10.1. The maximum Gasteiger partial charge on any atom is 0.227 e. The van der Waals surface area contributed by atoms with Crippen molar-refractivity contribution in [2.24, 2.45) is 0 Å². The predicted molar refractivity (Wildman–Crippen MR) is 108 cm³/mol. The first kappa shape index (κ1) is 18.7. The number of aromatic nitrogens is 4. The SMILES string of the molecule is CCC(Nc1nc(NCc2ccoc2)c2ncn(C3CCCC3)c2n1)C(C)O. The van der Waals surface area contributed by atoms with Gasteiger partial charge in [-0.3, -0.25) is 0 Å². The van der Waals surface area contributed by atoms with Gasteiger partial charge in [0.1, 0.15) is 0 Å². The smallest absolute Gasteiger partial charge is 0.227 e. The van der Waals surface area contributed by atoms with Gasteiger partial charge in [-0.15, -0.1) is 0 Å². The van der Waals surface area contributed by atoms with Gasteiger partial charge in [0.15, 0.2) is 17.0 Å². The number of imidazole rings is 1. The zero-order valence-electron chi connectivity index (χ0n) is 16.4. The third kappa shape index (κ3) is 3.82. The normalized spacial score (nSPS) is 17.1. The van der Waals surface area contributed by atoms with Crippen LogP contribution in [0.4, 0.5) is 11.8 Å². The highest BCUT2D eigenvalue weighted by Gasteiger charge is 2.23. The minimum absolute atomic E-state index is 0.109. The number of aliphatic hydroxyl groups excluding tert-OH is 1. The Morgan fingerprint density at radius 2 is 2.14 bits per heavy atom. The molecule has 0 spiro atoms. The second-order valence-corrected chi connectivity index (χ2v) is 7.54. The lowest BCUT2D eigenvalue weighted by Gasteiger charge is -2.20. The van der Waals surface area contributed by atoms with E-state index in [-0.39, 0.29) is 6.04 Å². The number of furan rings is 1. The number of hydrogen-bond acceptors (Lipinski definition) is 7. The van der Waals surface area contributed by atoms with Crippen LogP contribution in [0.5, 0.6) is 0 Å². The molecule has 3 aromatic heterocycles. The Hall–Kier alpha value is -2.61. The Morgan fingerprint density at radius 1 is 1.32 bits per heavy atom. The number of rotatable bonds is 8. The van der Waals surface area contributed by atoms with E-state index in [1.54, 1.807) is 19.5 Å². The maximum atomic E-state index is 10.0. The van der Waals surface area contributed by atoms with Gasteiger partial charge in [-0.25, -0.2) is 4.98 Å². The monoisotopic (exact) mass is 384 g/mol. The molecule has 8 nitrogen and oxygen atoms in total. The van der Waals surface area contributed by atoms with E-state index in [0.717, 1.165) is 36.0 Å². The lowest BCUT2D eigenvalue weighted by Crippen LogP contribution is -2.31. The fourth-order valence-corrected chi connectivity index (χ4v) is 3.86. The molecule has 3 heterocycles. The molecule has 0 saturated heterocycles. The first-order valence-electron chi connectivity index (χ1n) is 10.1. The second kappa shape index (κ2) is 8.18. The molecular weight excluding hydrogens is 356 g/mol. The van der Waals surface area contributed by atoms with Crippen molar-refractivity contribution in [3.8, 4) is 0 Å². The van der Waals surface area contributed by atoms with Crippen LogP contribution in [0.2, 0.25) is 0 Å². The summed E-state index contributed by atoms with van der Waals surface area (Å²) in [7, 11) is 0. The summed E-state index contributed by atoms with van der Waals surface area (Å²) in [5, 5.41) is 16.7. The zero-order chi connectivity index (χ0) is 19.5. The van der Waals surface area contributed by atoms with Crippen molar-refractivity contribution in [1.29, 1.82) is 0 Å². The highest BCUT2D eigenvalue weighted by atomic mass is 16.3. The summed E-state index contributed by atoms with van der Waals surface area (Å²) in [5.74, 6) is 1.19. The predicted octanol–water partition coefficient (Wildman–Crippen LogP) is 3.72. The van der Waals surface area contributed by atoms with Crippen molar-refractivity contribution in [2.45, 2.75) is 70.7 Å². The molecule has 1 saturated carbocycles. The molecule has 1 fully saturated rings. The van der Waals surface area contributed by atoms with Crippen molar-refractivity contribution < 1.29 is 9.52 Å². The van der Waals surface area contributed by atoms with Crippen LogP contribution < -0.4 is 10.6 Å². The van der Waals surface area contributed by atoms with Gasteiger partial charge in [-0.1, -0.05) is 19.8 Å². The molecule has 0 radical (unpaired) electrons. The Bertz CT molecular complexity index is 899. The van der Waals surface area contributed by atoms with E-state index in [4.69, 9.17) is 9.40 Å². The van der Waals surface area contributed by atoms with Gasteiger partial charge in [0.25, 0.3) is 0 Å². The third-order valence-electron chi connectivity index (χ3n) is 5.52. The minimum Gasteiger partial charge on any atom is -0.472 e. The van der Waals surface area contributed by atoms with Crippen LogP contribution in [-0.2, 0) is 6.54 Å². The van der Waals surface area contributed by atoms with Crippen molar-refractivity contribution in [1.82, 2.24) is 19.5 Å². The number of nitrogens with one attached hydrogen (secondary N) is 2. The summed E-state index contributed by atoms with van der Waals surface area (Å²) >= 11 is 0. The largest absolute Gasteiger partial charge is 0.472 e. The van der Waals surface area contributed by atoms with E-state index in [2.05, 4.69) is 25.2 Å². The maximum absolute atomic E-state index is 10.0. The van der Waals surface area contributed by atoms with Gasteiger partial charge in [-0.05, 0) is 32.3 Å². The summed E-state index contributed by atoms with van der Waals surface area (Å²) in [4.78, 5) is 14.0. The first-order chi connectivity index (χ1) is 13.7. The van der Waals surface area contributed by atoms with E-state index in [1.165, 1.54) is 12.8 Å². The second-order valence-electron chi connectivity index (χ2n) is 7.54. The lowest BCUT2D eigenvalue weighted by molar-refractivity contribution is 0.169. The Balaban J connectivity index is 1.69. The molecule has 0 aromatic carbocycles. The molecule has 2 atom stereocenters. The van der Waals surface area contributed by atoms with Crippen LogP contribution >= 0.6 is 0 Å². The number of nitrogens with zero attached hydrogens (tertiary/aromatic N) is 4. The molecule has 0 amide bonds. The Morgan fingerprint density at radius 3 is 2.82 bits per heavy atom. The fourth-order valence-electron chi connectivity index (χ4n) is 3.86. The highest BCUT2D eigenvalue weighted by molar-refractivity contribution is 5.84. The first-order valence-corrected chi connectivity index (χ1v) is 10.1. The van der Waals surface area contributed by atoms with E-state index in [0.29, 0.717) is 24.4 Å². The van der Waals surface area contributed by atoms with Crippen LogP contribution in [0, 0.1) is 0 Å². The molecule has 2 unspecified atom stereocenters. The highest BCUT2D eigenvalue weighted by Crippen LogP contribution is 2.33. The van der Waals surface area contributed by atoms with Crippen LogP contribution in [0.25, 0.3) is 11.2 Å². The summed E-state index contributed by atoms with van der Waals surface area (Å²) in [6, 6.07) is 2.25. The average molecular weight is 384 g/mol. The van der Waals surface area contributed by atoms with Gasteiger partial charge in [0.2, 0.25) is 5.95 Å². The van der Waals surface area contributed by atoms with Gasteiger partial charge < -0.3 is 24.7 Å². The average Bonchev–Trinajstić information content (AvgIpc) is 3.44. The molecule has 3 N–H and O–H groups in total. The number of anilines is 2. The van der Waals surface area contributed by atoms with E-state index in [1.807, 2.05) is 19.3 Å². The van der Waals surface area contributed by atoms with Crippen molar-refractivity contribution in [3.05, 3.63) is 30.5 Å². The summed E-state index contributed by atoms with van der Waals surface area (Å²) in [6.45, 7) is 4.40. The molecule has 3 aromatic rings. The van der Waals surface area contributed by atoms with Gasteiger partial charge in [0.05, 0.1) is 31.0 Å². The molecule has 0 aliphatic heterocycles. The van der Waals surface area contributed by atoms with Gasteiger partial charge >= 0.3 is 0 Å². The molecule has 4 rings (SSSR count). The quantitative estimate of drug-likeness (QED) is 0.544. The van der Waals surface area contributed by atoms with Crippen molar-refractivity contribution in [3.63, 3.8) is 0 Å². The van der Waals surface area contributed by atoms with Crippen molar-refractivity contribution >= 4 is 22.9 Å². The summed E-state index contributed by atoms with van der Waals surface area (Å²) < 4.78 is 7.33. The molecular formula is C20H28N6O2. The molecule has 150 valence electrons. The third-order valence-corrected chi connectivity index (χ3v) is 5.52. The number of hydrogen-bond donors (Lipinski definition) is 3. The van der Waals surface area contributed by atoms with Crippen molar-refractivity contribution in [2.75, 3.05) is 10.6 Å². The van der Waals surface area contributed by atoms with Crippen LogP contribution in [0.1, 0.15) is 57.6 Å². The van der Waals surface area contributed by atoms with Gasteiger partial charge in [-0.2, -0.15) is 9.97 Å². The van der Waals surface area contributed by atoms with E-state index in [9.17, 15) is 5.11 Å². The van der Waals surface area contributed by atoms with Crippen LogP contribution in [0.15, 0.2) is 29.3 Å². The van der Waals surface area contributed by atoms with Crippen LogP contribution in [-0.4, -0.2) is 36.8 Å². The molecule has 0 bridgehead atoms. The standard InChI is InChI=1S/C20H28N6O2/c1-3-16(13(2)27)23-20-24-18(21-10-14-8-9-28-11-14)17-19(25-20)26(12-22-17)15-6-4-5-7-15/h8-9,11-13,15-16,27H,3-7,10H2,1-2H3,(H2,21,23,24,25).